The molecule has 1 N–H and O–H groups in total. The van der Waals surface area contributed by atoms with Crippen molar-refractivity contribution < 1.29 is 9.59 Å². The van der Waals surface area contributed by atoms with E-state index in [0.717, 1.165) is 27.4 Å². The van der Waals surface area contributed by atoms with Gasteiger partial charge in [0.25, 0.3) is 5.91 Å². The van der Waals surface area contributed by atoms with Gasteiger partial charge in [0.2, 0.25) is 11.0 Å². The molecule has 1 aliphatic heterocycles. The van der Waals surface area contributed by atoms with E-state index in [4.69, 9.17) is 0 Å². The van der Waals surface area contributed by atoms with Crippen LogP contribution >= 0.6 is 11.3 Å². The second-order valence-electron chi connectivity index (χ2n) is 7.52. The Hall–Kier alpha value is -3.06. The van der Waals surface area contributed by atoms with Gasteiger partial charge < -0.3 is 4.90 Å². The van der Waals surface area contributed by atoms with E-state index in [1.807, 2.05) is 56.0 Å². The molecule has 1 aliphatic rings. The van der Waals surface area contributed by atoms with Crippen LogP contribution in [-0.2, 0) is 4.79 Å². The number of carbonyl (C=O) groups is 2. The van der Waals surface area contributed by atoms with Crippen LogP contribution in [0.5, 0.6) is 0 Å². The fourth-order valence-corrected chi connectivity index (χ4v) is 4.46. The van der Waals surface area contributed by atoms with Crippen molar-refractivity contribution in [3.63, 3.8) is 0 Å². The van der Waals surface area contributed by atoms with Crippen LogP contribution < -0.4 is 10.2 Å². The van der Waals surface area contributed by atoms with Crippen LogP contribution in [0.2, 0.25) is 0 Å². The highest BCUT2D eigenvalue weighted by molar-refractivity contribution is 7.15. The largest absolute Gasteiger partial charge is 0.312 e. The van der Waals surface area contributed by atoms with Crippen LogP contribution in [-0.4, -0.2) is 28.6 Å². The zero-order valence-corrected chi connectivity index (χ0v) is 17.4. The van der Waals surface area contributed by atoms with E-state index in [1.165, 1.54) is 11.3 Å². The lowest BCUT2D eigenvalue weighted by molar-refractivity contribution is -0.117. The van der Waals surface area contributed by atoms with Gasteiger partial charge in [0.05, 0.1) is 0 Å². The number of hydrogen-bond donors (Lipinski definition) is 1. The van der Waals surface area contributed by atoms with Crippen molar-refractivity contribution in [2.45, 2.75) is 33.1 Å². The van der Waals surface area contributed by atoms with Crippen molar-refractivity contribution in [3.05, 3.63) is 69.7 Å². The lowest BCUT2D eigenvalue weighted by Gasteiger charge is -2.17. The van der Waals surface area contributed by atoms with Crippen LogP contribution in [0.4, 0.5) is 10.8 Å². The molecule has 0 spiro atoms. The second kappa shape index (κ2) is 7.75. The molecule has 0 bridgehead atoms. The van der Waals surface area contributed by atoms with E-state index < -0.39 is 0 Å². The maximum Gasteiger partial charge on any atom is 0.257 e. The molecule has 2 aromatic carbocycles. The van der Waals surface area contributed by atoms with Gasteiger partial charge >= 0.3 is 0 Å². The van der Waals surface area contributed by atoms with Gasteiger partial charge in [0, 0.05) is 30.1 Å². The Morgan fingerprint density at radius 1 is 1.07 bits per heavy atom. The summed E-state index contributed by atoms with van der Waals surface area (Å²) >= 11 is 1.33. The van der Waals surface area contributed by atoms with E-state index in [1.54, 1.807) is 6.07 Å². The Labute approximate surface area is 173 Å². The minimum absolute atomic E-state index is 0.0227. The molecule has 1 aromatic heterocycles. The van der Waals surface area contributed by atoms with E-state index in [-0.39, 0.29) is 17.7 Å². The SMILES string of the molecule is Cc1cccc(C(=O)Nc2nnc([C@@H]3CC(=O)N(c4cc(C)cc(C)c4)C3)s2)c1. The third kappa shape index (κ3) is 4.19. The molecule has 2 amide bonds. The smallest absolute Gasteiger partial charge is 0.257 e. The van der Waals surface area contributed by atoms with Crippen molar-refractivity contribution in [2.24, 2.45) is 0 Å². The van der Waals surface area contributed by atoms with Crippen molar-refractivity contribution in [3.8, 4) is 0 Å². The number of amides is 2. The fourth-order valence-electron chi connectivity index (χ4n) is 3.63. The summed E-state index contributed by atoms with van der Waals surface area (Å²) in [7, 11) is 0. The summed E-state index contributed by atoms with van der Waals surface area (Å²) in [6, 6.07) is 13.5. The average molecular weight is 407 g/mol. The molecular weight excluding hydrogens is 384 g/mol. The number of benzene rings is 2. The van der Waals surface area contributed by atoms with Gasteiger partial charge in [0.15, 0.2) is 0 Å². The molecule has 7 heteroatoms. The van der Waals surface area contributed by atoms with Gasteiger partial charge in [-0.05, 0) is 56.2 Å². The average Bonchev–Trinajstić information content (AvgIpc) is 3.27. The highest BCUT2D eigenvalue weighted by Gasteiger charge is 2.34. The van der Waals surface area contributed by atoms with E-state index in [9.17, 15) is 9.59 Å². The van der Waals surface area contributed by atoms with Gasteiger partial charge in [-0.2, -0.15) is 0 Å². The maximum atomic E-state index is 12.6. The Morgan fingerprint density at radius 2 is 1.83 bits per heavy atom. The van der Waals surface area contributed by atoms with Crippen LogP contribution in [0.25, 0.3) is 0 Å². The predicted octanol–water partition coefficient (Wildman–Crippen LogP) is 4.24. The molecule has 0 unspecified atom stereocenters. The van der Waals surface area contributed by atoms with Crippen LogP contribution in [0.3, 0.4) is 0 Å². The monoisotopic (exact) mass is 406 g/mol. The standard InChI is InChI=1S/C22H22N4O2S/c1-13-5-4-6-16(8-13)20(28)23-22-25-24-21(29-22)17-11-19(27)26(12-17)18-9-14(2)7-15(3)10-18/h4-10,17H,11-12H2,1-3H3,(H,23,25,28)/t17-/m1/s1. The third-order valence-electron chi connectivity index (χ3n) is 4.93. The number of hydrogen-bond acceptors (Lipinski definition) is 5. The van der Waals surface area contributed by atoms with Crippen LogP contribution in [0.1, 0.15) is 44.4 Å². The Morgan fingerprint density at radius 3 is 2.55 bits per heavy atom. The van der Waals surface area contributed by atoms with Crippen molar-refractivity contribution >= 4 is 34.0 Å². The molecule has 0 radical (unpaired) electrons. The predicted molar refractivity (Wildman–Crippen MR) is 115 cm³/mol. The Kier molecular flexibility index (Phi) is 5.15. The lowest BCUT2D eigenvalue weighted by atomic mass is 10.1. The maximum absolute atomic E-state index is 12.6. The first-order valence-corrected chi connectivity index (χ1v) is 10.3. The molecule has 6 nitrogen and oxygen atoms in total. The molecule has 4 rings (SSSR count). The molecule has 1 saturated heterocycles. The minimum atomic E-state index is -0.212. The zero-order chi connectivity index (χ0) is 20.5. The van der Waals surface area contributed by atoms with Crippen LogP contribution in [0.15, 0.2) is 42.5 Å². The summed E-state index contributed by atoms with van der Waals surface area (Å²) in [5.41, 5.74) is 4.79. The summed E-state index contributed by atoms with van der Waals surface area (Å²) in [5.74, 6) is -0.151. The number of aromatic nitrogens is 2. The van der Waals surface area contributed by atoms with Gasteiger partial charge in [-0.15, -0.1) is 10.2 Å². The zero-order valence-electron chi connectivity index (χ0n) is 16.6. The first-order valence-electron chi connectivity index (χ1n) is 9.49. The first-order chi connectivity index (χ1) is 13.9. The summed E-state index contributed by atoms with van der Waals surface area (Å²) in [6.45, 7) is 6.57. The van der Waals surface area contributed by atoms with Gasteiger partial charge in [-0.3, -0.25) is 14.9 Å². The van der Waals surface area contributed by atoms with Gasteiger partial charge in [0.1, 0.15) is 5.01 Å². The van der Waals surface area contributed by atoms with E-state index in [0.29, 0.717) is 23.7 Å². The molecule has 148 valence electrons. The van der Waals surface area contributed by atoms with Crippen molar-refractivity contribution in [2.75, 3.05) is 16.8 Å². The minimum Gasteiger partial charge on any atom is -0.312 e. The molecule has 2 heterocycles. The fraction of sp³-hybridized carbons (Fsp3) is 0.273. The highest BCUT2D eigenvalue weighted by atomic mass is 32.1. The number of carbonyl (C=O) groups excluding carboxylic acids is 2. The normalized spacial score (nSPS) is 16.3. The van der Waals surface area contributed by atoms with Crippen molar-refractivity contribution in [1.29, 1.82) is 0 Å². The quantitative estimate of drug-likeness (QED) is 0.703. The number of nitrogens with zero attached hydrogens (tertiary/aromatic N) is 3. The van der Waals surface area contributed by atoms with Crippen LogP contribution in [0, 0.1) is 20.8 Å². The molecule has 0 aliphatic carbocycles. The first kappa shape index (κ1) is 19.3. The highest BCUT2D eigenvalue weighted by Crippen LogP contribution is 2.35. The summed E-state index contributed by atoms with van der Waals surface area (Å²) in [6.07, 6.45) is 0.396. The van der Waals surface area contributed by atoms with Gasteiger partial charge in [-0.25, -0.2) is 0 Å². The van der Waals surface area contributed by atoms with Gasteiger partial charge in [-0.1, -0.05) is 35.1 Å². The second-order valence-corrected chi connectivity index (χ2v) is 8.53. The molecule has 3 aromatic rings. The van der Waals surface area contributed by atoms with Crippen molar-refractivity contribution in [1.82, 2.24) is 10.2 Å². The number of aryl methyl sites for hydroxylation is 3. The van der Waals surface area contributed by atoms with E-state index >= 15 is 0 Å². The summed E-state index contributed by atoms with van der Waals surface area (Å²) < 4.78 is 0. The molecule has 1 fully saturated rings. The lowest BCUT2D eigenvalue weighted by Crippen LogP contribution is -2.24. The number of nitrogens with one attached hydrogen (secondary N) is 1. The molecule has 1 atom stereocenters. The molecule has 0 saturated carbocycles. The molecule has 29 heavy (non-hydrogen) atoms. The summed E-state index contributed by atoms with van der Waals surface area (Å²) in [4.78, 5) is 26.8. The number of anilines is 2. The summed E-state index contributed by atoms with van der Waals surface area (Å²) in [5, 5.41) is 12.4. The topological polar surface area (TPSA) is 75.2 Å². The Bertz CT molecular complexity index is 1070. The Balaban J connectivity index is 1.47. The molecular formula is C22H22N4O2S. The van der Waals surface area contributed by atoms with E-state index in [2.05, 4.69) is 21.6 Å². The number of rotatable bonds is 4. The third-order valence-corrected chi connectivity index (χ3v) is 5.93.